The molecule has 8 heteroatoms. The second kappa shape index (κ2) is 7.02. The van der Waals surface area contributed by atoms with Gasteiger partial charge < -0.3 is 4.84 Å². The molecule has 0 saturated heterocycles. The van der Waals surface area contributed by atoms with Crippen LogP contribution in [-0.2, 0) is 0 Å². The first kappa shape index (κ1) is 16.5. The summed E-state index contributed by atoms with van der Waals surface area (Å²) < 4.78 is 0. The number of hydrogen-bond acceptors (Lipinski definition) is 7. The van der Waals surface area contributed by atoms with Crippen LogP contribution >= 0.6 is 22.9 Å². The molecule has 0 atom stereocenters. The van der Waals surface area contributed by atoms with E-state index in [1.807, 2.05) is 32.9 Å². The number of aromatic nitrogens is 4. The second-order valence-electron chi connectivity index (χ2n) is 5.06. The first-order valence-electron chi connectivity index (χ1n) is 7.14. The molecule has 0 radical (unpaired) electrons. The van der Waals surface area contributed by atoms with Crippen molar-refractivity contribution in [1.29, 1.82) is 0 Å². The lowest BCUT2D eigenvalue weighted by molar-refractivity contribution is 0.312. The number of hydrogen-bond donors (Lipinski definition) is 0. The van der Waals surface area contributed by atoms with Gasteiger partial charge in [-0.3, -0.25) is 4.98 Å². The minimum atomic E-state index is 0.119. The highest BCUT2D eigenvalue weighted by molar-refractivity contribution is 7.17. The van der Waals surface area contributed by atoms with E-state index in [4.69, 9.17) is 16.4 Å². The summed E-state index contributed by atoms with van der Waals surface area (Å²) in [4.78, 5) is 23.0. The third-order valence-electron chi connectivity index (χ3n) is 3.10. The van der Waals surface area contributed by atoms with Gasteiger partial charge in [-0.25, -0.2) is 4.98 Å². The van der Waals surface area contributed by atoms with Gasteiger partial charge in [0.05, 0.1) is 16.3 Å². The molecule has 0 aliphatic heterocycles. The van der Waals surface area contributed by atoms with Crippen LogP contribution in [0.15, 0.2) is 35.7 Å². The molecule has 6 nitrogen and oxygen atoms in total. The van der Waals surface area contributed by atoms with Crippen LogP contribution in [0.3, 0.4) is 0 Å². The summed E-state index contributed by atoms with van der Waals surface area (Å²) in [6.45, 7) is 5.60. The smallest absolute Gasteiger partial charge is 0.315 e. The summed E-state index contributed by atoms with van der Waals surface area (Å²) in [6.07, 6.45) is 3.52. The normalized spacial score (nSPS) is 11.6. The molecular formula is C16H14ClN5OS. The maximum Gasteiger partial charge on any atom is 0.347 e. The largest absolute Gasteiger partial charge is 0.347 e. The molecule has 3 aromatic rings. The SMILES string of the molecule is C/C(=N\Oc1nc(C)cc(Cl)n1)c1sc(-c2cccnc2)nc1C. The molecule has 0 N–H and O–H groups in total. The lowest BCUT2D eigenvalue weighted by Gasteiger charge is -2.00. The molecule has 3 heterocycles. The van der Waals surface area contributed by atoms with E-state index in [-0.39, 0.29) is 6.01 Å². The van der Waals surface area contributed by atoms with E-state index in [2.05, 4.69) is 25.1 Å². The summed E-state index contributed by atoms with van der Waals surface area (Å²) in [6, 6.07) is 5.63. The highest BCUT2D eigenvalue weighted by Gasteiger charge is 2.13. The fourth-order valence-corrected chi connectivity index (χ4v) is 3.26. The number of nitrogens with zero attached hydrogens (tertiary/aromatic N) is 5. The summed E-state index contributed by atoms with van der Waals surface area (Å²) >= 11 is 7.42. The van der Waals surface area contributed by atoms with Gasteiger partial charge in [0.15, 0.2) is 0 Å². The molecule has 0 aliphatic rings. The predicted molar refractivity (Wildman–Crippen MR) is 94.7 cm³/mol. The Morgan fingerprint density at radius 3 is 2.79 bits per heavy atom. The second-order valence-corrected chi connectivity index (χ2v) is 6.44. The van der Waals surface area contributed by atoms with Gasteiger partial charge in [0.1, 0.15) is 10.2 Å². The molecule has 0 fully saturated rings. The van der Waals surface area contributed by atoms with Crippen molar-refractivity contribution in [1.82, 2.24) is 19.9 Å². The minimum absolute atomic E-state index is 0.119. The molecule has 0 aliphatic carbocycles. The Hall–Kier alpha value is -2.38. The molecule has 0 spiro atoms. The van der Waals surface area contributed by atoms with Gasteiger partial charge in [-0.15, -0.1) is 11.3 Å². The Labute approximate surface area is 148 Å². The van der Waals surface area contributed by atoms with Crippen LogP contribution in [0.2, 0.25) is 5.15 Å². The van der Waals surface area contributed by atoms with E-state index in [0.717, 1.165) is 21.1 Å². The molecule has 0 aromatic carbocycles. The standard InChI is InChI=1S/C16H14ClN5OS/c1-9-7-13(17)21-16(19-9)23-22-11(3)14-10(2)20-15(24-14)12-5-4-6-18-8-12/h4-8H,1-3H3/b22-11+. The first-order valence-corrected chi connectivity index (χ1v) is 8.33. The topological polar surface area (TPSA) is 73.2 Å². The van der Waals surface area contributed by atoms with Crippen molar-refractivity contribution in [3.8, 4) is 16.6 Å². The lowest BCUT2D eigenvalue weighted by atomic mass is 10.3. The number of thiazole rings is 1. The quantitative estimate of drug-likeness (QED) is 0.399. The van der Waals surface area contributed by atoms with E-state index in [1.54, 1.807) is 18.5 Å². The van der Waals surface area contributed by atoms with Crippen LogP contribution in [0.5, 0.6) is 6.01 Å². The highest BCUT2D eigenvalue weighted by Crippen LogP contribution is 2.27. The molecule has 0 amide bonds. The van der Waals surface area contributed by atoms with E-state index in [9.17, 15) is 0 Å². The number of pyridine rings is 1. The van der Waals surface area contributed by atoms with E-state index >= 15 is 0 Å². The van der Waals surface area contributed by atoms with Crippen molar-refractivity contribution in [3.05, 3.63) is 52.0 Å². The zero-order chi connectivity index (χ0) is 17.1. The van der Waals surface area contributed by atoms with Crippen molar-refractivity contribution < 1.29 is 4.84 Å². The fourth-order valence-electron chi connectivity index (χ4n) is 2.04. The Bertz CT molecular complexity index is 874. The first-order chi connectivity index (χ1) is 11.5. The number of oxime groups is 1. The van der Waals surface area contributed by atoms with Gasteiger partial charge in [-0.1, -0.05) is 16.8 Å². The third kappa shape index (κ3) is 3.74. The minimum Gasteiger partial charge on any atom is -0.315 e. The zero-order valence-electron chi connectivity index (χ0n) is 13.3. The average Bonchev–Trinajstić information content (AvgIpc) is 2.94. The molecule has 3 aromatic heterocycles. The van der Waals surface area contributed by atoms with Crippen molar-refractivity contribution in [2.75, 3.05) is 0 Å². The van der Waals surface area contributed by atoms with Crippen molar-refractivity contribution >= 4 is 28.6 Å². The van der Waals surface area contributed by atoms with Crippen molar-refractivity contribution in [2.24, 2.45) is 5.16 Å². The van der Waals surface area contributed by atoms with Crippen LogP contribution in [0.1, 0.15) is 23.2 Å². The van der Waals surface area contributed by atoms with E-state index < -0.39 is 0 Å². The van der Waals surface area contributed by atoms with Crippen LogP contribution < -0.4 is 4.84 Å². The molecule has 3 rings (SSSR count). The average molecular weight is 360 g/mol. The Morgan fingerprint density at radius 1 is 1.25 bits per heavy atom. The van der Waals surface area contributed by atoms with Gasteiger partial charge in [0, 0.05) is 23.7 Å². The molecule has 122 valence electrons. The number of rotatable bonds is 4. The van der Waals surface area contributed by atoms with E-state index in [0.29, 0.717) is 16.6 Å². The van der Waals surface area contributed by atoms with Crippen molar-refractivity contribution in [2.45, 2.75) is 20.8 Å². The predicted octanol–water partition coefficient (Wildman–Crippen LogP) is 4.07. The van der Waals surface area contributed by atoms with Crippen molar-refractivity contribution in [3.63, 3.8) is 0 Å². The number of aryl methyl sites for hydroxylation is 2. The van der Waals surface area contributed by atoms with Gasteiger partial charge in [0.25, 0.3) is 0 Å². The summed E-state index contributed by atoms with van der Waals surface area (Å²) in [7, 11) is 0. The van der Waals surface area contributed by atoms with Crippen LogP contribution in [0, 0.1) is 13.8 Å². The Balaban J connectivity index is 1.84. The molecular weight excluding hydrogens is 346 g/mol. The maximum atomic E-state index is 5.89. The van der Waals surface area contributed by atoms with Crippen LogP contribution in [0.4, 0.5) is 0 Å². The zero-order valence-corrected chi connectivity index (χ0v) is 14.9. The Kier molecular flexibility index (Phi) is 4.82. The summed E-state index contributed by atoms with van der Waals surface area (Å²) in [5.41, 5.74) is 3.26. The molecule has 0 bridgehead atoms. The monoisotopic (exact) mass is 359 g/mol. The Morgan fingerprint density at radius 2 is 2.08 bits per heavy atom. The fraction of sp³-hybridized carbons (Fsp3) is 0.188. The van der Waals surface area contributed by atoms with Gasteiger partial charge in [0.2, 0.25) is 0 Å². The third-order valence-corrected chi connectivity index (χ3v) is 4.61. The molecule has 0 unspecified atom stereocenters. The molecule has 24 heavy (non-hydrogen) atoms. The molecule has 0 saturated carbocycles. The summed E-state index contributed by atoms with van der Waals surface area (Å²) in [5, 5.41) is 5.31. The van der Waals surface area contributed by atoms with Crippen LogP contribution in [0.25, 0.3) is 10.6 Å². The summed E-state index contributed by atoms with van der Waals surface area (Å²) in [5.74, 6) is 0. The van der Waals surface area contributed by atoms with Gasteiger partial charge >= 0.3 is 6.01 Å². The van der Waals surface area contributed by atoms with Crippen LogP contribution in [-0.4, -0.2) is 25.6 Å². The van der Waals surface area contributed by atoms with E-state index in [1.165, 1.54) is 11.3 Å². The number of halogens is 1. The highest BCUT2D eigenvalue weighted by atomic mass is 35.5. The maximum absolute atomic E-state index is 5.89. The lowest BCUT2D eigenvalue weighted by Crippen LogP contribution is -2.00. The van der Waals surface area contributed by atoms with Gasteiger partial charge in [-0.05, 0) is 39.0 Å². The van der Waals surface area contributed by atoms with Gasteiger partial charge in [-0.2, -0.15) is 9.97 Å².